The lowest BCUT2D eigenvalue weighted by atomic mass is 10.1. The average Bonchev–Trinajstić information content (AvgIpc) is 2.73. The number of anilines is 1. The predicted octanol–water partition coefficient (Wildman–Crippen LogP) is 6.22. The van der Waals surface area contributed by atoms with E-state index in [-0.39, 0.29) is 5.91 Å². The van der Waals surface area contributed by atoms with E-state index in [1.165, 1.54) is 0 Å². The summed E-state index contributed by atoms with van der Waals surface area (Å²) >= 11 is 11.2. The molecule has 154 valence electrons. The summed E-state index contributed by atoms with van der Waals surface area (Å²) in [6.07, 6.45) is 1.62. The molecule has 0 saturated heterocycles. The zero-order valence-corrected chi connectivity index (χ0v) is 19.8. The third-order valence-electron chi connectivity index (χ3n) is 4.27. The molecular weight excluding hydrogens is 482 g/mol. The zero-order valence-electron chi connectivity index (χ0n) is 16.6. The Labute approximate surface area is 194 Å². The number of carbonyl (C=O) groups excluding carboxylic acids is 1. The van der Waals surface area contributed by atoms with Gasteiger partial charge >= 0.3 is 0 Å². The molecule has 0 atom stereocenters. The van der Waals surface area contributed by atoms with Gasteiger partial charge in [0.15, 0.2) is 0 Å². The molecule has 3 aromatic rings. The molecule has 1 amide bonds. The van der Waals surface area contributed by atoms with Crippen molar-refractivity contribution >= 4 is 57.1 Å². The van der Waals surface area contributed by atoms with E-state index in [2.05, 4.69) is 26.5 Å². The Morgan fingerprint density at radius 3 is 2.43 bits per heavy atom. The van der Waals surface area contributed by atoms with Gasteiger partial charge in [-0.15, -0.1) is 11.8 Å². The van der Waals surface area contributed by atoms with E-state index in [0.717, 1.165) is 37.0 Å². The molecule has 0 aliphatic heterocycles. The fraction of sp³-hybridized carbons (Fsp3) is 0.130. The Morgan fingerprint density at radius 1 is 1.10 bits per heavy atom. The summed E-state index contributed by atoms with van der Waals surface area (Å²) in [6, 6.07) is 21.2. The standard InChI is InChI=1S/C23H21BrClN3OS/c1-28(2)22-12-5-17(13-21(22)24)14-26-27-23(29)18-6-3-16(4-7-18)15-30-20-10-8-19(25)9-11-20/h3-14H,15H2,1-2H3,(H,27,29)/b26-14-. The highest BCUT2D eigenvalue weighted by Gasteiger charge is 2.05. The Morgan fingerprint density at radius 2 is 1.80 bits per heavy atom. The molecule has 0 bridgehead atoms. The Bertz CT molecular complexity index is 1040. The van der Waals surface area contributed by atoms with Crippen molar-refractivity contribution in [2.75, 3.05) is 19.0 Å². The Kier molecular flexibility index (Phi) is 7.96. The maximum atomic E-state index is 12.3. The first-order chi connectivity index (χ1) is 14.4. The molecule has 0 radical (unpaired) electrons. The van der Waals surface area contributed by atoms with Crippen LogP contribution in [0.2, 0.25) is 5.02 Å². The van der Waals surface area contributed by atoms with Crippen LogP contribution in [0.1, 0.15) is 21.5 Å². The van der Waals surface area contributed by atoms with Crippen LogP contribution < -0.4 is 10.3 Å². The highest BCUT2D eigenvalue weighted by molar-refractivity contribution is 9.10. The number of halogens is 2. The summed E-state index contributed by atoms with van der Waals surface area (Å²) in [5, 5.41) is 4.80. The average molecular weight is 503 g/mol. The van der Waals surface area contributed by atoms with E-state index in [1.807, 2.05) is 85.7 Å². The second-order valence-electron chi connectivity index (χ2n) is 6.74. The van der Waals surface area contributed by atoms with Gasteiger partial charge in [0.05, 0.1) is 11.9 Å². The number of thioether (sulfide) groups is 1. The second kappa shape index (κ2) is 10.7. The maximum Gasteiger partial charge on any atom is 0.271 e. The molecule has 1 N–H and O–H groups in total. The number of hydrazone groups is 1. The molecule has 7 heteroatoms. The third kappa shape index (κ3) is 6.36. The molecule has 0 unspecified atom stereocenters. The van der Waals surface area contributed by atoms with Crippen molar-refractivity contribution in [1.82, 2.24) is 5.43 Å². The lowest BCUT2D eigenvalue weighted by Crippen LogP contribution is -2.17. The van der Waals surface area contributed by atoms with E-state index < -0.39 is 0 Å². The quantitative estimate of drug-likeness (QED) is 0.237. The third-order valence-corrected chi connectivity index (χ3v) is 6.24. The first kappa shape index (κ1) is 22.4. The van der Waals surface area contributed by atoms with E-state index in [0.29, 0.717) is 5.56 Å². The molecule has 0 aromatic heterocycles. The van der Waals surface area contributed by atoms with Crippen LogP contribution in [0.15, 0.2) is 81.2 Å². The molecule has 0 aliphatic carbocycles. The van der Waals surface area contributed by atoms with Gasteiger partial charge in [-0.25, -0.2) is 5.43 Å². The van der Waals surface area contributed by atoms with Crippen LogP contribution in [0.5, 0.6) is 0 Å². The number of amides is 1. The highest BCUT2D eigenvalue weighted by atomic mass is 79.9. The van der Waals surface area contributed by atoms with Crippen LogP contribution in [-0.4, -0.2) is 26.2 Å². The number of nitrogens with zero attached hydrogens (tertiary/aromatic N) is 2. The molecule has 30 heavy (non-hydrogen) atoms. The molecule has 0 spiro atoms. The van der Waals surface area contributed by atoms with Gasteiger partial charge in [0, 0.05) is 39.8 Å². The molecule has 3 rings (SSSR count). The van der Waals surface area contributed by atoms with Crippen molar-refractivity contribution in [3.8, 4) is 0 Å². The molecule has 0 fully saturated rings. The van der Waals surface area contributed by atoms with E-state index in [4.69, 9.17) is 11.6 Å². The number of carbonyl (C=O) groups is 1. The molecular formula is C23H21BrClN3OS. The van der Waals surface area contributed by atoms with Gasteiger partial charge in [0.2, 0.25) is 0 Å². The van der Waals surface area contributed by atoms with Crippen molar-refractivity contribution in [2.45, 2.75) is 10.6 Å². The summed E-state index contributed by atoms with van der Waals surface area (Å²) in [5.41, 5.74) is 6.25. The smallest absolute Gasteiger partial charge is 0.271 e. The van der Waals surface area contributed by atoms with Crippen molar-refractivity contribution < 1.29 is 4.79 Å². The van der Waals surface area contributed by atoms with Gasteiger partial charge in [-0.3, -0.25) is 4.79 Å². The number of nitrogens with one attached hydrogen (secondary N) is 1. The van der Waals surface area contributed by atoms with Gasteiger partial charge in [-0.2, -0.15) is 5.10 Å². The van der Waals surface area contributed by atoms with Crippen LogP contribution in [-0.2, 0) is 5.75 Å². The molecule has 3 aromatic carbocycles. The number of rotatable bonds is 7. The number of benzene rings is 3. The largest absolute Gasteiger partial charge is 0.377 e. The monoisotopic (exact) mass is 501 g/mol. The SMILES string of the molecule is CN(C)c1ccc(/C=N\NC(=O)c2ccc(CSc3ccc(Cl)cc3)cc2)cc1Br. The van der Waals surface area contributed by atoms with E-state index in [9.17, 15) is 4.79 Å². The minimum atomic E-state index is -0.243. The van der Waals surface area contributed by atoms with Crippen LogP contribution in [0.25, 0.3) is 0 Å². The fourth-order valence-corrected chi connectivity index (χ4v) is 4.38. The van der Waals surface area contributed by atoms with Gasteiger partial charge in [0.25, 0.3) is 5.91 Å². The first-order valence-corrected chi connectivity index (χ1v) is 11.4. The minimum Gasteiger partial charge on any atom is -0.377 e. The summed E-state index contributed by atoms with van der Waals surface area (Å²) < 4.78 is 0.967. The normalized spacial score (nSPS) is 10.9. The van der Waals surface area contributed by atoms with Crippen LogP contribution in [0.4, 0.5) is 5.69 Å². The van der Waals surface area contributed by atoms with Crippen LogP contribution in [0.3, 0.4) is 0 Å². The Balaban J connectivity index is 1.53. The van der Waals surface area contributed by atoms with E-state index in [1.54, 1.807) is 18.0 Å². The van der Waals surface area contributed by atoms with Gasteiger partial charge in [-0.1, -0.05) is 29.8 Å². The summed E-state index contributed by atoms with van der Waals surface area (Å²) in [7, 11) is 3.96. The first-order valence-electron chi connectivity index (χ1n) is 9.20. The van der Waals surface area contributed by atoms with E-state index >= 15 is 0 Å². The van der Waals surface area contributed by atoms with Crippen LogP contribution in [0, 0.1) is 0 Å². The maximum absolute atomic E-state index is 12.3. The lowest BCUT2D eigenvalue weighted by molar-refractivity contribution is 0.0955. The van der Waals surface area contributed by atoms with Crippen molar-refractivity contribution in [1.29, 1.82) is 0 Å². The molecule has 0 heterocycles. The predicted molar refractivity (Wildman–Crippen MR) is 131 cm³/mol. The minimum absolute atomic E-state index is 0.243. The fourth-order valence-electron chi connectivity index (χ4n) is 2.65. The summed E-state index contributed by atoms with van der Waals surface area (Å²) in [6.45, 7) is 0. The Hall–Kier alpha value is -2.28. The van der Waals surface area contributed by atoms with Crippen molar-refractivity contribution in [3.63, 3.8) is 0 Å². The zero-order chi connectivity index (χ0) is 21.5. The molecule has 0 saturated carbocycles. The lowest BCUT2D eigenvalue weighted by Gasteiger charge is -2.14. The molecule has 4 nitrogen and oxygen atoms in total. The van der Waals surface area contributed by atoms with Gasteiger partial charge in [-0.05, 0) is 75.6 Å². The summed E-state index contributed by atoms with van der Waals surface area (Å²) in [4.78, 5) is 15.5. The second-order valence-corrected chi connectivity index (χ2v) is 9.08. The number of hydrogen-bond donors (Lipinski definition) is 1. The topological polar surface area (TPSA) is 44.7 Å². The number of hydrogen-bond acceptors (Lipinski definition) is 4. The molecule has 0 aliphatic rings. The van der Waals surface area contributed by atoms with Gasteiger partial charge < -0.3 is 4.90 Å². The van der Waals surface area contributed by atoms with Gasteiger partial charge in [0.1, 0.15) is 0 Å². The van der Waals surface area contributed by atoms with Crippen molar-refractivity contribution in [3.05, 3.63) is 92.9 Å². The van der Waals surface area contributed by atoms with Crippen molar-refractivity contribution in [2.24, 2.45) is 5.10 Å². The van der Waals surface area contributed by atoms with Crippen LogP contribution >= 0.6 is 39.3 Å². The highest BCUT2D eigenvalue weighted by Crippen LogP contribution is 2.25. The summed E-state index contributed by atoms with van der Waals surface area (Å²) in [5.74, 6) is 0.576.